The minimum absolute atomic E-state index is 0.0721. The molecule has 1 aromatic carbocycles. The van der Waals surface area contributed by atoms with Crippen LogP contribution in [0.4, 0.5) is 18.9 Å². The monoisotopic (exact) mass is 580 g/mol. The number of ether oxygens (including phenoxy) is 3. The number of carbonyl (C=O) groups is 3. The van der Waals surface area contributed by atoms with E-state index in [1.165, 1.54) is 30.2 Å². The molecule has 0 aliphatic heterocycles. The van der Waals surface area contributed by atoms with E-state index < -0.39 is 35.6 Å². The number of aryl methyl sites for hydroxylation is 1. The molecule has 1 heterocycles. The van der Waals surface area contributed by atoms with Crippen molar-refractivity contribution in [3.8, 4) is 11.6 Å². The Bertz CT molecular complexity index is 1240. The van der Waals surface area contributed by atoms with E-state index in [0.717, 1.165) is 32.2 Å². The first-order valence-corrected chi connectivity index (χ1v) is 13.4. The third-order valence-corrected chi connectivity index (χ3v) is 7.14. The molecule has 0 unspecified atom stereocenters. The van der Waals surface area contributed by atoms with Crippen molar-refractivity contribution >= 4 is 23.5 Å². The van der Waals surface area contributed by atoms with Crippen molar-refractivity contribution in [3.05, 3.63) is 47.2 Å². The number of carbonyl (C=O) groups excluding carboxylic acids is 2. The summed E-state index contributed by atoms with van der Waals surface area (Å²) in [5, 5.41) is 8.85. The molecule has 2 aromatic rings. The van der Waals surface area contributed by atoms with Crippen LogP contribution in [0.25, 0.3) is 0 Å². The molecular formula is C29H35F3N2O7. The molecule has 3 rings (SSSR count). The van der Waals surface area contributed by atoms with Crippen molar-refractivity contribution < 1.29 is 46.9 Å². The van der Waals surface area contributed by atoms with Crippen LogP contribution in [0.15, 0.2) is 30.5 Å². The number of amides is 1. The lowest BCUT2D eigenvalue weighted by molar-refractivity contribution is -0.139. The number of hydrogen-bond acceptors (Lipinski definition) is 7. The van der Waals surface area contributed by atoms with E-state index in [2.05, 4.69) is 11.9 Å². The highest BCUT2D eigenvalue weighted by Crippen LogP contribution is 2.39. The standard InChI is InChI=1S/C29H35F3N2O7/c1-17-5-8-20(9-6-17)27(37)34(18(2)16-39-3)24-11-10-21(14-22(24)28(38)40-4)41-26-23(29(30,31)32)13-19(15-33-26)7-12-25(35)36/h10-11,13-15,17-18,20H,5-9,12,16H2,1-4H3,(H,35,36)/t17?,18-,20?/m0/s1. The number of methoxy groups -OCH3 is 2. The third kappa shape index (κ3) is 8.18. The zero-order chi connectivity index (χ0) is 30.3. The largest absolute Gasteiger partial charge is 0.481 e. The van der Waals surface area contributed by atoms with E-state index in [0.29, 0.717) is 18.8 Å². The molecule has 224 valence electrons. The van der Waals surface area contributed by atoms with Gasteiger partial charge in [0, 0.05) is 25.6 Å². The van der Waals surface area contributed by atoms with Gasteiger partial charge in [-0.15, -0.1) is 0 Å². The van der Waals surface area contributed by atoms with Crippen molar-refractivity contribution in [1.29, 1.82) is 0 Å². The molecule has 1 atom stereocenters. The molecular weight excluding hydrogens is 545 g/mol. The summed E-state index contributed by atoms with van der Waals surface area (Å²) < 4.78 is 57.3. The summed E-state index contributed by atoms with van der Waals surface area (Å²) in [4.78, 5) is 42.8. The number of nitrogens with zero attached hydrogens (tertiary/aromatic N) is 2. The average Bonchev–Trinajstić information content (AvgIpc) is 2.92. The van der Waals surface area contributed by atoms with E-state index in [1.807, 2.05) is 0 Å². The highest BCUT2D eigenvalue weighted by Gasteiger charge is 2.37. The average molecular weight is 581 g/mol. The Labute approximate surface area is 236 Å². The lowest BCUT2D eigenvalue weighted by Crippen LogP contribution is -2.46. The predicted molar refractivity (Wildman–Crippen MR) is 143 cm³/mol. The van der Waals surface area contributed by atoms with Gasteiger partial charge >= 0.3 is 18.1 Å². The first-order valence-electron chi connectivity index (χ1n) is 13.4. The smallest absolute Gasteiger partial charge is 0.421 e. The fourth-order valence-corrected chi connectivity index (χ4v) is 4.93. The number of hydrogen-bond donors (Lipinski definition) is 1. The lowest BCUT2D eigenvalue weighted by atomic mass is 9.82. The topological polar surface area (TPSA) is 115 Å². The SMILES string of the molecule is COC[C@H](C)N(C(=O)C1CCC(C)CC1)c1ccc(Oc2ncc(CCC(=O)O)cc2C(F)(F)F)cc1C(=O)OC. The van der Waals surface area contributed by atoms with Crippen LogP contribution < -0.4 is 9.64 Å². The van der Waals surface area contributed by atoms with Crippen molar-refractivity contribution in [2.75, 3.05) is 25.7 Å². The molecule has 0 radical (unpaired) electrons. The Morgan fingerprint density at radius 3 is 2.39 bits per heavy atom. The maximum absolute atomic E-state index is 13.8. The number of halogens is 3. The van der Waals surface area contributed by atoms with Crippen LogP contribution in [-0.4, -0.2) is 54.8 Å². The fourth-order valence-electron chi connectivity index (χ4n) is 4.93. The van der Waals surface area contributed by atoms with E-state index in [9.17, 15) is 27.6 Å². The minimum Gasteiger partial charge on any atom is -0.481 e. The summed E-state index contributed by atoms with van der Waals surface area (Å²) in [6.07, 6.45) is -1.01. The molecule has 1 aromatic heterocycles. The van der Waals surface area contributed by atoms with Gasteiger partial charge in [-0.05, 0) is 74.8 Å². The van der Waals surface area contributed by atoms with Gasteiger partial charge in [0.1, 0.15) is 11.3 Å². The maximum atomic E-state index is 13.8. The Kier molecular flexibility index (Phi) is 10.7. The fraction of sp³-hybridized carbons (Fsp3) is 0.517. The van der Waals surface area contributed by atoms with Crippen molar-refractivity contribution in [3.63, 3.8) is 0 Å². The van der Waals surface area contributed by atoms with E-state index >= 15 is 0 Å². The molecule has 0 spiro atoms. The van der Waals surface area contributed by atoms with Gasteiger partial charge in [-0.25, -0.2) is 9.78 Å². The lowest BCUT2D eigenvalue weighted by Gasteiger charge is -2.35. The highest BCUT2D eigenvalue weighted by atomic mass is 19.4. The Balaban J connectivity index is 2.02. The van der Waals surface area contributed by atoms with Crippen LogP contribution in [-0.2, 0) is 31.7 Å². The first kappa shape index (κ1) is 31.9. The molecule has 12 heteroatoms. The zero-order valence-electron chi connectivity index (χ0n) is 23.5. The summed E-state index contributed by atoms with van der Waals surface area (Å²) in [7, 11) is 2.66. The van der Waals surface area contributed by atoms with Crippen molar-refractivity contribution in [2.24, 2.45) is 11.8 Å². The van der Waals surface area contributed by atoms with Gasteiger partial charge in [0.2, 0.25) is 11.8 Å². The van der Waals surface area contributed by atoms with Crippen molar-refractivity contribution in [1.82, 2.24) is 4.98 Å². The van der Waals surface area contributed by atoms with Crippen LogP contribution >= 0.6 is 0 Å². The van der Waals surface area contributed by atoms with Crippen LogP contribution in [0.1, 0.15) is 67.4 Å². The van der Waals surface area contributed by atoms with Gasteiger partial charge in [-0.1, -0.05) is 6.92 Å². The molecule has 41 heavy (non-hydrogen) atoms. The second-order valence-electron chi connectivity index (χ2n) is 10.3. The Hall–Kier alpha value is -3.67. The molecule has 1 aliphatic rings. The summed E-state index contributed by atoms with van der Waals surface area (Å²) in [6.45, 7) is 4.10. The number of aromatic nitrogens is 1. The van der Waals surface area contributed by atoms with Gasteiger partial charge in [0.15, 0.2) is 0 Å². The second-order valence-corrected chi connectivity index (χ2v) is 10.3. The number of esters is 1. The summed E-state index contributed by atoms with van der Waals surface area (Å²) in [5.41, 5.74) is -0.959. The molecule has 1 fully saturated rings. The maximum Gasteiger partial charge on any atom is 0.421 e. The predicted octanol–water partition coefficient (Wildman–Crippen LogP) is 5.89. The quantitative estimate of drug-likeness (QED) is 0.327. The summed E-state index contributed by atoms with van der Waals surface area (Å²) in [5.74, 6) is -2.76. The second kappa shape index (κ2) is 13.8. The number of anilines is 1. The molecule has 9 nitrogen and oxygen atoms in total. The molecule has 0 bridgehead atoms. The summed E-state index contributed by atoms with van der Waals surface area (Å²) >= 11 is 0. The van der Waals surface area contributed by atoms with Gasteiger partial charge in [-0.2, -0.15) is 13.2 Å². The van der Waals surface area contributed by atoms with E-state index in [-0.39, 0.29) is 53.8 Å². The number of benzene rings is 1. The molecule has 1 N–H and O–H groups in total. The normalized spacial score (nSPS) is 17.9. The number of carboxylic acid groups (broad SMARTS) is 1. The van der Waals surface area contributed by atoms with Gasteiger partial charge in [0.25, 0.3) is 0 Å². The van der Waals surface area contributed by atoms with Gasteiger partial charge < -0.3 is 24.2 Å². The molecule has 1 saturated carbocycles. The number of pyridine rings is 1. The number of alkyl halides is 3. The molecule has 0 saturated heterocycles. The number of rotatable bonds is 11. The van der Waals surface area contributed by atoms with Crippen LogP contribution in [0, 0.1) is 11.8 Å². The molecule has 1 amide bonds. The first-order chi connectivity index (χ1) is 19.3. The van der Waals surface area contributed by atoms with Gasteiger partial charge in [-0.3, -0.25) is 9.59 Å². The van der Waals surface area contributed by atoms with Gasteiger partial charge in [0.05, 0.1) is 31.0 Å². The Morgan fingerprint density at radius 1 is 1.12 bits per heavy atom. The number of carboxylic acids is 1. The minimum atomic E-state index is -4.84. The van der Waals surface area contributed by atoms with Crippen LogP contribution in [0.3, 0.4) is 0 Å². The van der Waals surface area contributed by atoms with Crippen LogP contribution in [0.5, 0.6) is 11.6 Å². The van der Waals surface area contributed by atoms with E-state index in [4.69, 9.17) is 19.3 Å². The van der Waals surface area contributed by atoms with Crippen molar-refractivity contribution in [2.45, 2.75) is 64.6 Å². The summed E-state index contributed by atoms with van der Waals surface area (Å²) in [6, 6.07) is 4.33. The molecule has 1 aliphatic carbocycles. The van der Waals surface area contributed by atoms with E-state index in [1.54, 1.807) is 6.92 Å². The third-order valence-electron chi connectivity index (χ3n) is 7.14. The number of aliphatic carboxylic acids is 1. The Morgan fingerprint density at radius 2 is 1.80 bits per heavy atom. The zero-order valence-corrected chi connectivity index (χ0v) is 23.5. The van der Waals surface area contributed by atoms with Crippen LogP contribution in [0.2, 0.25) is 0 Å². The highest BCUT2D eigenvalue weighted by molar-refractivity contribution is 6.04.